The van der Waals surface area contributed by atoms with Gasteiger partial charge in [-0.05, 0) is 71.2 Å². The van der Waals surface area contributed by atoms with Crippen molar-refractivity contribution in [3.63, 3.8) is 0 Å². The van der Waals surface area contributed by atoms with Gasteiger partial charge in [0.1, 0.15) is 12.1 Å². The second kappa shape index (κ2) is 9.76. The monoisotopic (exact) mass is 495 g/mol. The number of carbonyl (C=O) groups is 2. The van der Waals surface area contributed by atoms with E-state index in [1.54, 1.807) is 0 Å². The van der Waals surface area contributed by atoms with Crippen molar-refractivity contribution in [2.45, 2.75) is 71.7 Å². The van der Waals surface area contributed by atoms with E-state index >= 15 is 0 Å². The molecule has 0 radical (unpaired) electrons. The summed E-state index contributed by atoms with van der Waals surface area (Å²) in [6.45, 7) is 12.3. The Morgan fingerprint density at radius 1 is 1.11 bits per heavy atom. The summed E-state index contributed by atoms with van der Waals surface area (Å²) in [5, 5.41) is 7.75. The number of aryl methyl sites for hydroxylation is 2. The number of benzene rings is 1. The van der Waals surface area contributed by atoms with Crippen LogP contribution >= 0.6 is 0 Å². The molecule has 5 rings (SSSR count). The highest BCUT2D eigenvalue weighted by Gasteiger charge is 2.55. The minimum Gasteiger partial charge on any atom is -0.486 e. The second-order valence-corrected chi connectivity index (χ2v) is 10.2. The number of aromatic nitrogens is 2. The summed E-state index contributed by atoms with van der Waals surface area (Å²) in [4.78, 5) is 30.5. The Balaban J connectivity index is 1.23. The number of amides is 3. The summed E-state index contributed by atoms with van der Waals surface area (Å²) in [6, 6.07) is 7.14. The van der Waals surface area contributed by atoms with E-state index in [1.807, 2.05) is 31.2 Å². The molecule has 2 aromatic rings. The van der Waals surface area contributed by atoms with Gasteiger partial charge in [-0.2, -0.15) is 5.10 Å². The maximum absolute atomic E-state index is 13.7. The molecule has 0 bridgehead atoms. The van der Waals surface area contributed by atoms with E-state index < -0.39 is 5.54 Å². The number of fused-ring (bicyclic) bond motifs is 1. The number of carbonyl (C=O) groups excluding carboxylic acids is 2. The van der Waals surface area contributed by atoms with Crippen LogP contribution in [0.5, 0.6) is 11.5 Å². The smallest absolute Gasteiger partial charge is 0.325 e. The van der Waals surface area contributed by atoms with Gasteiger partial charge < -0.3 is 14.8 Å². The molecule has 1 aromatic carbocycles. The van der Waals surface area contributed by atoms with Crippen LogP contribution in [0, 0.1) is 19.8 Å². The zero-order valence-electron chi connectivity index (χ0n) is 21.7. The van der Waals surface area contributed by atoms with Gasteiger partial charge in [0.25, 0.3) is 5.91 Å². The normalized spacial score (nSPS) is 24.9. The molecule has 4 heterocycles. The molecular formula is C27H37N5O4. The minimum absolute atomic E-state index is 0.102. The first-order valence-electron chi connectivity index (χ1n) is 13.1. The van der Waals surface area contributed by atoms with Crippen molar-refractivity contribution in [1.29, 1.82) is 0 Å². The summed E-state index contributed by atoms with van der Waals surface area (Å²) in [6.07, 6.45) is 1.92. The fourth-order valence-corrected chi connectivity index (χ4v) is 6.05. The lowest BCUT2D eigenvalue weighted by atomic mass is 9.75. The maximum Gasteiger partial charge on any atom is 0.325 e. The van der Waals surface area contributed by atoms with Crippen LogP contribution in [0.25, 0.3) is 0 Å². The topological polar surface area (TPSA) is 88.9 Å². The molecule has 194 valence electrons. The lowest BCUT2D eigenvalue weighted by molar-refractivity contribution is -0.135. The Morgan fingerprint density at radius 2 is 1.83 bits per heavy atom. The zero-order valence-corrected chi connectivity index (χ0v) is 21.7. The van der Waals surface area contributed by atoms with Gasteiger partial charge in [0.15, 0.2) is 17.6 Å². The summed E-state index contributed by atoms with van der Waals surface area (Å²) in [7, 11) is 0. The zero-order chi connectivity index (χ0) is 25.4. The number of imide groups is 1. The molecular weight excluding hydrogens is 458 g/mol. The first-order chi connectivity index (χ1) is 17.4. The average molecular weight is 496 g/mol. The molecule has 0 saturated carbocycles. The predicted molar refractivity (Wildman–Crippen MR) is 135 cm³/mol. The first-order valence-corrected chi connectivity index (χ1v) is 13.1. The summed E-state index contributed by atoms with van der Waals surface area (Å²) in [5.74, 6) is 1.30. The van der Waals surface area contributed by atoms with Crippen LogP contribution in [0.2, 0.25) is 0 Å². The fourth-order valence-electron chi connectivity index (χ4n) is 6.05. The number of ether oxygens (including phenoxy) is 2. The Hall–Kier alpha value is -3.07. The van der Waals surface area contributed by atoms with Crippen molar-refractivity contribution in [2.75, 3.05) is 26.2 Å². The average Bonchev–Trinajstić information content (AvgIpc) is 3.31. The number of likely N-dealkylation sites (tertiary alicyclic amines) is 1. The van der Waals surface area contributed by atoms with Gasteiger partial charge in [-0.1, -0.05) is 19.1 Å². The number of rotatable bonds is 7. The fraction of sp³-hybridized carbons (Fsp3) is 0.593. The maximum atomic E-state index is 13.7. The van der Waals surface area contributed by atoms with Crippen molar-refractivity contribution < 1.29 is 19.1 Å². The number of urea groups is 1. The summed E-state index contributed by atoms with van der Waals surface area (Å²) < 4.78 is 13.9. The summed E-state index contributed by atoms with van der Waals surface area (Å²) in [5.41, 5.74) is 2.77. The van der Waals surface area contributed by atoms with Gasteiger partial charge in [-0.25, -0.2) is 4.79 Å². The molecule has 0 spiro atoms. The van der Waals surface area contributed by atoms with Crippen LogP contribution in [-0.2, 0) is 17.9 Å². The standard InChI is InChI=1S/C27H37N5O4/c1-5-27(20-11-13-30(14-12-20)16-22-18(3)29-32(6-2)19(22)4)25(33)31(26(34)28-27)15-21-17-35-23-9-7-8-10-24(23)36-21/h7-10,20-21H,5-6,11-17H2,1-4H3,(H,28,34)/t21-,27+/m1/s1. The van der Waals surface area contributed by atoms with Gasteiger partial charge in [-0.3, -0.25) is 19.3 Å². The van der Waals surface area contributed by atoms with Gasteiger partial charge in [0, 0.05) is 24.3 Å². The van der Waals surface area contributed by atoms with Crippen LogP contribution in [0.3, 0.4) is 0 Å². The largest absolute Gasteiger partial charge is 0.486 e. The first kappa shape index (κ1) is 24.6. The molecule has 2 saturated heterocycles. The van der Waals surface area contributed by atoms with E-state index in [4.69, 9.17) is 9.47 Å². The van der Waals surface area contributed by atoms with E-state index in [2.05, 4.69) is 40.8 Å². The molecule has 1 aromatic heterocycles. The predicted octanol–water partition coefficient (Wildman–Crippen LogP) is 3.27. The molecule has 9 nitrogen and oxygen atoms in total. The molecule has 3 aliphatic rings. The summed E-state index contributed by atoms with van der Waals surface area (Å²) >= 11 is 0. The van der Waals surface area contributed by atoms with Crippen molar-refractivity contribution in [2.24, 2.45) is 5.92 Å². The molecule has 2 fully saturated rings. The number of hydrogen-bond donors (Lipinski definition) is 1. The van der Waals surface area contributed by atoms with Crippen molar-refractivity contribution in [1.82, 2.24) is 24.9 Å². The Bertz CT molecular complexity index is 1140. The number of nitrogens with one attached hydrogen (secondary N) is 1. The van der Waals surface area contributed by atoms with Crippen molar-refractivity contribution >= 4 is 11.9 Å². The van der Waals surface area contributed by atoms with Crippen LogP contribution in [0.4, 0.5) is 4.79 Å². The van der Waals surface area contributed by atoms with Crippen LogP contribution in [0.1, 0.15) is 50.1 Å². The number of piperidine rings is 1. The highest BCUT2D eigenvalue weighted by Crippen LogP contribution is 2.37. The van der Waals surface area contributed by atoms with Gasteiger partial charge in [0.2, 0.25) is 0 Å². The van der Waals surface area contributed by atoms with Crippen LogP contribution in [-0.4, -0.2) is 69.4 Å². The van der Waals surface area contributed by atoms with Gasteiger partial charge >= 0.3 is 6.03 Å². The van der Waals surface area contributed by atoms with Crippen LogP contribution in [0.15, 0.2) is 24.3 Å². The minimum atomic E-state index is -0.852. The Kier molecular flexibility index (Phi) is 6.68. The quantitative estimate of drug-likeness (QED) is 0.593. The third-order valence-corrected chi connectivity index (χ3v) is 8.21. The molecule has 36 heavy (non-hydrogen) atoms. The van der Waals surface area contributed by atoms with Crippen molar-refractivity contribution in [3.8, 4) is 11.5 Å². The van der Waals surface area contributed by atoms with E-state index in [-0.39, 0.29) is 30.5 Å². The van der Waals surface area contributed by atoms with E-state index in [0.29, 0.717) is 24.5 Å². The third-order valence-electron chi connectivity index (χ3n) is 8.21. The molecule has 1 N–H and O–H groups in total. The molecule has 0 aliphatic carbocycles. The van der Waals surface area contributed by atoms with Gasteiger partial charge in [-0.15, -0.1) is 0 Å². The van der Waals surface area contributed by atoms with Gasteiger partial charge in [0.05, 0.1) is 12.2 Å². The van der Waals surface area contributed by atoms with Crippen LogP contribution < -0.4 is 14.8 Å². The Labute approximate surface area is 212 Å². The third kappa shape index (κ3) is 4.23. The highest BCUT2D eigenvalue weighted by atomic mass is 16.6. The number of para-hydroxylation sites is 2. The molecule has 3 aliphatic heterocycles. The molecule has 0 unspecified atom stereocenters. The van der Waals surface area contributed by atoms with E-state index in [1.165, 1.54) is 16.2 Å². The second-order valence-electron chi connectivity index (χ2n) is 10.2. The highest BCUT2D eigenvalue weighted by molar-refractivity contribution is 6.07. The lowest BCUT2D eigenvalue weighted by Gasteiger charge is -2.40. The Morgan fingerprint density at radius 3 is 2.50 bits per heavy atom. The van der Waals surface area contributed by atoms with E-state index in [9.17, 15) is 9.59 Å². The number of nitrogens with zero attached hydrogens (tertiary/aromatic N) is 4. The number of hydrogen-bond acceptors (Lipinski definition) is 6. The van der Waals surface area contributed by atoms with Crippen molar-refractivity contribution in [3.05, 3.63) is 41.2 Å². The molecule has 2 atom stereocenters. The SMILES string of the molecule is CCn1nc(C)c(CN2CCC([C@]3(CC)NC(=O)N(C[C@@H]4COc5ccccc5O4)C3=O)CC2)c1C. The van der Waals surface area contributed by atoms with E-state index in [0.717, 1.165) is 44.7 Å². The molecule has 3 amide bonds. The molecule has 9 heteroatoms. The lowest BCUT2D eigenvalue weighted by Crippen LogP contribution is -2.56.